The van der Waals surface area contributed by atoms with Gasteiger partial charge in [0.2, 0.25) is 0 Å². The van der Waals surface area contributed by atoms with Crippen LogP contribution < -0.4 is 4.74 Å². The van der Waals surface area contributed by atoms with Crippen LogP contribution in [0.25, 0.3) is 0 Å². The number of aliphatic hydroxyl groups is 1. The summed E-state index contributed by atoms with van der Waals surface area (Å²) < 4.78 is 11.4. The Labute approximate surface area is 161 Å². The van der Waals surface area contributed by atoms with Gasteiger partial charge in [-0.05, 0) is 41.7 Å². The minimum Gasteiger partial charge on any atom is -0.488 e. The predicted octanol–water partition coefficient (Wildman–Crippen LogP) is 5.97. The highest BCUT2D eigenvalue weighted by Gasteiger charge is 2.26. The Morgan fingerprint density at radius 1 is 0.962 bits per heavy atom. The maximum absolute atomic E-state index is 10.0. The standard InChI is InChI=1S/C23H40O3/c1-8-11-12-15-25-21(24)17-26-20-14-13-18(22(4,5)9-2)16-19(20)23(6,7)10-3/h13-14,16,21,24H,8-12,15,17H2,1-7H3. The maximum atomic E-state index is 10.0. The fraction of sp³-hybridized carbons (Fsp3) is 0.739. The minimum absolute atomic E-state index is 0.0160. The van der Waals surface area contributed by atoms with E-state index >= 15 is 0 Å². The fourth-order valence-electron chi connectivity index (χ4n) is 2.78. The van der Waals surface area contributed by atoms with Gasteiger partial charge in [-0.15, -0.1) is 0 Å². The molecular formula is C23H40O3. The third-order valence-electron chi connectivity index (χ3n) is 5.70. The summed E-state index contributed by atoms with van der Waals surface area (Å²) in [7, 11) is 0. The lowest BCUT2D eigenvalue weighted by molar-refractivity contribution is -0.120. The molecule has 0 radical (unpaired) electrons. The topological polar surface area (TPSA) is 38.7 Å². The Kier molecular flexibility index (Phi) is 9.12. The van der Waals surface area contributed by atoms with E-state index in [1.54, 1.807) is 0 Å². The van der Waals surface area contributed by atoms with Crippen molar-refractivity contribution in [1.29, 1.82) is 0 Å². The van der Waals surface area contributed by atoms with Gasteiger partial charge in [-0.3, -0.25) is 0 Å². The third kappa shape index (κ3) is 6.59. The van der Waals surface area contributed by atoms with Crippen LogP contribution in [-0.4, -0.2) is 24.6 Å². The lowest BCUT2D eigenvalue weighted by Crippen LogP contribution is -2.25. The van der Waals surface area contributed by atoms with Crippen LogP contribution in [0.3, 0.4) is 0 Å². The zero-order chi connectivity index (χ0) is 19.8. The first kappa shape index (κ1) is 23.0. The molecule has 0 amide bonds. The van der Waals surface area contributed by atoms with E-state index in [-0.39, 0.29) is 17.4 Å². The van der Waals surface area contributed by atoms with Crippen LogP contribution in [0.1, 0.15) is 91.7 Å². The van der Waals surface area contributed by atoms with E-state index in [1.807, 2.05) is 0 Å². The molecule has 1 aromatic rings. The molecule has 1 aromatic carbocycles. The lowest BCUT2D eigenvalue weighted by atomic mass is 9.76. The number of unbranched alkanes of at least 4 members (excludes halogenated alkanes) is 2. The van der Waals surface area contributed by atoms with Gasteiger partial charge in [-0.25, -0.2) is 0 Å². The predicted molar refractivity (Wildman–Crippen MR) is 110 cm³/mol. The molecule has 0 aliphatic rings. The summed E-state index contributed by atoms with van der Waals surface area (Å²) in [4.78, 5) is 0. The lowest BCUT2D eigenvalue weighted by Gasteiger charge is -2.30. The molecule has 0 fully saturated rings. The second-order valence-electron chi connectivity index (χ2n) is 8.53. The van der Waals surface area contributed by atoms with E-state index in [0.29, 0.717) is 6.61 Å². The minimum atomic E-state index is -0.879. The van der Waals surface area contributed by atoms with Crippen molar-refractivity contribution in [2.45, 2.75) is 97.7 Å². The molecule has 0 heterocycles. The van der Waals surface area contributed by atoms with Crippen LogP contribution in [0, 0.1) is 0 Å². The largest absolute Gasteiger partial charge is 0.488 e. The average molecular weight is 365 g/mol. The van der Waals surface area contributed by atoms with Crippen LogP contribution in [0.4, 0.5) is 0 Å². The maximum Gasteiger partial charge on any atom is 0.189 e. The molecule has 0 bridgehead atoms. The van der Waals surface area contributed by atoms with E-state index < -0.39 is 6.29 Å². The van der Waals surface area contributed by atoms with Crippen molar-refractivity contribution < 1.29 is 14.6 Å². The van der Waals surface area contributed by atoms with Crippen molar-refractivity contribution in [3.63, 3.8) is 0 Å². The number of ether oxygens (including phenoxy) is 2. The molecule has 1 unspecified atom stereocenters. The van der Waals surface area contributed by atoms with Crippen LogP contribution in [0.2, 0.25) is 0 Å². The molecular weight excluding hydrogens is 324 g/mol. The molecule has 26 heavy (non-hydrogen) atoms. The summed E-state index contributed by atoms with van der Waals surface area (Å²) in [5.41, 5.74) is 2.69. The van der Waals surface area contributed by atoms with E-state index in [0.717, 1.165) is 37.9 Å². The summed E-state index contributed by atoms with van der Waals surface area (Å²) in [6.07, 6.45) is 4.47. The normalized spacial score (nSPS) is 13.7. The van der Waals surface area contributed by atoms with Gasteiger partial charge in [0.05, 0.1) is 0 Å². The van der Waals surface area contributed by atoms with Crippen molar-refractivity contribution in [2.75, 3.05) is 13.2 Å². The van der Waals surface area contributed by atoms with Crippen molar-refractivity contribution in [2.24, 2.45) is 0 Å². The Morgan fingerprint density at radius 2 is 1.62 bits per heavy atom. The van der Waals surface area contributed by atoms with Crippen LogP contribution in [0.5, 0.6) is 5.75 Å². The van der Waals surface area contributed by atoms with Crippen molar-refractivity contribution >= 4 is 0 Å². The molecule has 0 saturated carbocycles. The van der Waals surface area contributed by atoms with E-state index in [4.69, 9.17) is 9.47 Å². The van der Waals surface area contributed by atoms with Crippen molar-refractivity contribution in [3.05, 3.63) is 29.3 Å². The Morgan fingerprint density at radius 3 is 2.19 bits per heavy atom. The fourth-order valence-corrected chi connectivity index (χ4v) is 2.78. The molecule has 1 N–H and O–H groups in total. The summed E-state index contributed by atoms with van der Waals surface area (Å²) in [5, 5.41) is 10.0. The van der Waals surface area contributed by atoms with Gasteiger partial charge in [-0.1, -0.05) is 73.4 Å². The average Bonchev–Trinajstić information content (AvgIpc) is 2.63. The zero-order valence-electron chi connectivity index (χ0n) is 18.0. The highest BCUT2D eigenvalue weighted by atomic mass is 16.6. The first-order valence-corrected chi connectivity index (χ1v) is 10.3. The monoisotopic (exact) mass is 364 g/mol. The first-order chi connectivity index (χ1) is 12.2. The van der Waals surface area contributed by atoms with Gasteiger partial charge < -0.3 is 14.6 Å². The molecule has 150 valence electrons. The van der Waals surface area contributed by atoms with E-state index in [9.17, 15) is 5.11 Å². The van der Waals surface area contributed by atoms with Gasteiger partial charge >= 0.3 is 0 Å². The van der Waals surface area contributed by atoms with Gasteiger partial charge in [0, 0.05) is 12.2 Å². The van der Waals surface area contributed by atoms with Crippen LogP contribution >= 0.6 is 0 Å². The van der Waals surface area contributed by atoms with Crippen LogP contribution in [-0.2, 0) is 15.6 Å². The smallest absolute Gasteiger partial charge is 0.189 e. The van der Waals surface area contributed by atoms with Gasteiger partial charge in [0.25, 0.3) is 0 Å². The SMILES string of the molecule is CCCCCOC(O)COc1ccc(C(C)(C)CC)cc1C(C)(C)CC. The number of hydrogen-bond acceptors (Lipinski definition) is 3. The second kappa shape index (κ2) is 10.3. The first-order valence-electron chi connectivity index (χ1n) is 10.3. The summed E-state index contributed by atoms with van der Waals surface area (Å²) in [5.74, 6) is 0.851. The van der Waals surface area contributed by atoms with Gasteiger partial charge in [0.1, 0.15) is 12.4 Å². The summed E-state index contributed by atoms with van der Waals surface area (Å²) in [6, 6.07) is 6.50. The zero-order valence-corrected chi connectivity index (χ0v) is 18.0. The molecule has 1 rings (SSSR count). The molecule has 0 aliphatic carbocycles. The quantitative estimate of drug-likeness (QED) is 0.367. The highest BCUT2D eigenvalue weighted by molar-refractivity contribution is 5.44. The van der Waals surface area contributed by atoms with Crippen molar-refractivity contribution in [3.8, 4) is 5.75 Å². The molecule has 3 nitrogen and oxygen atoms in total. The molecule has 0 aliphatic heterocycles. The molecule has 3 heteroatoms. The molecule has 0 spiro atoms. The Hall–Kier alpha value is -1.06. The van der Waals surface area contributed by atoms with Crippen LogP contribution in [0.15, 0.2) is 18.2 Å². The summed E-state index contributed by atoms with van der Waals surface area (Å²) in [6.45, 7) is 16.4. The van der Waals surface area contributed by atoms with Gasteiger partial charge in [0.15, 0.2) is 6.29 Å². The van der Waals surface area contributed by atoms with E-state index in [2.05, 4.69) is 66.7 Å². The molecule has 1 atom stereocenters. The van der Waals surface area contributed by atoms with Gasteiger partial charge in [-0.2, -0.15) is 0 Å². The Balaban J connectivity index is 2.90. The number of hydrogen-bond donors (Lipinski definition) is 1. The number of aliphatic hydroxyl groups excluding tert-OH is 1. The number of benzene rings is 1. The highest BCUT2D eigenvalue weighted by Crippen LogP contribution is 2.38. The van der Waals surface area contributed by atoms with E-state index in [1.165, 1.54) is 11.1 Å². The van der Waals surface area contributed by atoms with Crippen molar-refractivity contribution in [1.82, 2.24) is 0 Å². The summed E-state index contributed by atoms with van der Waals surface area (Å²) >= 11 is 0. The third-order valence-corrected chi connectivity index (χ3v) is 5.70. The number of rotatable bonds is 12. The Bertz CT molecular complexity index is 534. The molecule has 0 saturated heterocycles. The molecule has 0 aromatic heterocycles. The second-order valence-corrected chi connectivity index (χ2v) is 8.53.